The zero-order chi connectivity index (χ0) is 19.7. The van der Waals surface area contributed by atoms with Gasteiger partial charge in [0.15, 0.2) is 33.5 Å². The maximum absolute atomic E-state index is 12.5. The Kier molecular flexibility index (Phi) is 6.88. The number of anilines is 2. The van der Waals surface area contributed by atoms with Gasteiger partial charge < -0.3 is 45.5 Å². The lowest BCUT2D eigenvalue weighted by Gasteiger charge is -2.07. The lowest BCUT2D eigenvalue weighted by Crippen LogP contribution is -3.00. The van der Waals surface area contributed by atoms with Crippen molar-refractivity contribution < 1.29 is 38.1 Å². The third-order valence-corrected chi connectivity index (χ3v) is 4.65. The van der Waals surface area contributed by atoms with Crippen molar-refractivity contribution in [3.8, 4) is 5.75 Å². The zero-order valence-electron chi connectivity index (χ0n) is 15.7. The number of hydrogen-bond acceptors (Lipinski definition) is 6. The molecular weight excluding hydrogens is 497 g/mol. The summed E-state index contributed by atoms with van der Waals surface area (Å²) in [5.41, 5.74) is 13.3. The van der Waals surface area contributed by atoms with Crippen molar-refractivity contribution in [1.29, 1.82) is 0 Å². The Balaban J connectivity index is 0.00000280. The number of nitrogens with two attached hydrogens (primary N) is 2. The van der Waals surface area contributed by atoms with Crippen LogP contribution in [0.1, 0.15) is 23.2 Å². The van der Waals surface area contributed by atoms with Gasteiger partial charge in [0.05, 0.1) is 20.7 Å². The Morgan fingerprint density at radius 1 is 1.32 bits per heavy atom. The van der Waals surface area contributed by atoms with E-state index in [2.05, 4.69) is 19.9 Å². The maximum Gasteiger partial charge on any atom is 0.276 e. The Morgan fingerprint density at radius 3 is 2.68 bits per heavy atom. The number of carbonyl (C=O) groups excluding carboxylic acids is 1. The van der Waals surface area contributed by atoms with Crippen molar-refractivity contribution in [2.45, 2.75) is 20.0 Å². The van der Waals surface area contributed by atoms with Crippen LogP contribution in [-0.4, -0.2) is 27.6 Å². The fourth-order valence-electron chi connectivity index (χ4n) is 3.00. The standard InChI is InChI=1S/C17H20ClN7O2.HI/c1-4-25-10-6-5-9(27-3)7-11(10)24(2)12(25)8-21-17(26)13-15(19)23-16(20)14(18)22-13;/h5-7H,4,8H2,1-3H3,(H4-,19,20,21,23,26);1H. The minimum absolute atomic E-state index is 0. The molecule has 0 unspecified atom stereocenters. The van der Waals surface area contributed by atoms with E-state index in [1.165, 1.54) is 0 Å². The Morgan fingerprint density at radius 2 is 2.04 bits per heavy atom. The number of hydrogen-bond donors (Lipinski definition) is 3. The summed E-state index contributed by atoms with van der Waals surface area (Å²) in [5.74, 6) is 1.10. The minimum atomic E-state index is -0.479. The van der Waals surface area contributed by atoms with Gasteiger partial charge >= 0.3 is 0 Å². The maximum atomic E-state index is 12.5. The molecule has 28 heavy (non-hydrogen) atoms. The SMILES string of the molecule is CC[n+]1c(CNC(=O)c2nc(Cl)c(N)nc2N)n(C)c2cc(OC)ccc21.[I-]. The van der Waals surface area contributed by atoms with Gasteiger partial charge in [0.25, 0.3) is 11.7 Å². The second-order valence-corrected chi connectivity index (χ2v) is 6.25. The van der Waals surface area contributed by atoms with E-state index in [1.54, 1.807) is 7.11 Å². The van der Waals surface area contributed by atoms with E-state index in [0.29, 0.717) is 0 Å². The van der Waals surface area contributed by atoms with Gasteiger partial charge in [-0.3, -0.25) is 4.79 Å². The largest absolute Gasteiger partial charge is 1.00 e. The number of halogens is 2. The number of nitrogens with zero attached hydrogens (tertiary/aromatic N) is 4. The average Bonchev–Trinajstić information content (AvgIpc) is 2.93. The highest BCUT2D eigenvalue weighted by molar-refractivity contribution is 6.31. The molecule has 2 heterocycles. The molecule has 0 bridgehead atoms. The number of nitrogens with one attached hydrogen (secondary N) is 1. The number of aryl methyl sites for hydroxylation is 2. The van der Waals surface area contributed by atoms with E-state index >= 15 is 0 Å². The van der Waals surface area contributed by atoms with E-state index in [0.717, 1.165) is 29.2 Å². The second kappa shape index (κ2) is 8.78. The van der Waals surface area contributed by atoms with E-state index < -0.39 is 5.91 Å². The fraction of sp³-hybridized carbons (Fsp3) is 0.294. The molecule has 0 saturated heterocycles. The molecule has 0 aliphatic rings. The fourth-order valence-corrected chi connectivity index (χ4v) is 3.13. The number of imidazole rings is 1. The van der Waals surface area contributed by atoms with Crippen LogP contribution in [0.5, 0.6) is 5.75 Å². The molecule has 0 aliphatic heterocycles. The lowest BCUT2D eigenvalue weighted by molar-refractivity contribution is -0.676. The third kappa shape index (κ3) is 3.92. The third-order valence-electron chi connectivity index (χ3n) is 4.38. The summed E-state index contributed by atoms with van der Waals surface area (Å²) >= 11 is 5.85. The summed E-state index contributed by atoms with van der Waals surface area (Å²) < 4.78 is 9.42. The molecule has 11 heteroatoms. The van der Waals surface area contributed by atoms with Crippen LogP contribution in [0, 0.1) is 0 Å². The van der Waals surface area contributed by atoms with Crippen molar-refractivity contribution in [1.82, 2.24) is 19.9 Å². The first-order valence-electron chi connectivity index (χ1n) is 8.29. The van der Waals surface area contributed by atoms with Crippen molar-refractivity contribution >= 4 is 40.2 Å². The highest BCUT2D eigenvalue weighted by atomic mass is 127. The minimum Gasteiger partial charge on any atom is -1.00 e. The number of fused-ring (bicyclic) bond motifs is 1. The van der Waals surface area contributed by atoms with Crippen molar-refractivity contribution in [2.75, 3.05) is 18.6 Å². The molecule has 5 N–H and O–H groups in total. The zero-order valence-corrected chi connectivity index (χ0v) is 18.6. The van der Waals surface area contributed by atoms with Gasteiger partial charge in [-0.25, -0.2) is 19.1 Å². The molecule has 1 amide bonds. The van der Waals surface area contributed by atoms with E-state index in [4.69, 9.17) is 27.8 Å². The molecule has 0 radical (unpaired) electrons. The summed E-state index contributed by atoms with van der Waals surface area (Å²) in [6.45, 7) is 3.05. The Hall–Kier alpha value is -2.34. The summed E-state index contributed by atoms with van der Waals surface area (Å²) in [5, 5.41) is 2.75. The van der Waals surface area contributed by atoms with E-state index in [-0.39, 0.29) is 53.0 Å². The molecule has 2 aromatic heterocycles. The molecule has 1 aromatic carbocycles. The predicted molar refractivity (Wildman–Crippen MR) is 102 cm³/mol. The van der Waals surface area contributed by atoms with Gasteiger partial charge in [0.2, 0.25) is 0 Å². The monoisotopic (exact) mass is 517 g/mol. The van der Waals surface area contributed by atoms with Crippen LogP contribution < -0.4 is 50.1 Å². The Bertz CT molecular complexity index is 1040. The first-order valence-corrected chi connectivity index (χ1v) is 8.67. The smallest absolute Gasteiger partial charge is 0.276 e. The number of rotatable bonds is 5. The van der Waals surface area contributed by atoms with Crippen LogP contribution in [0.15, 0.2) is 18.2 Å². The molecule has 0 fully saturated rings. The highest BCUT2D eigenvalue weighted by Gasteiger charge is 2.24. The molecule has 3 aromatic rings. The second-order valence-electron chi connectivity index (χ2n) is 5.89. The lowest BCUT2D eigenvalue weighted by atomic mass is 10.3. The average molecular weight is 518 g/mol. The van der Waals surface area contributed by atoms with Crippen molar-refractivity contribution in [3.05, 3.63) is 34.9 Å². The van der Waals surface area contributed by atoms with Crippen molar-refractivity contribution in [3.63, 3.8) is 0 Å². The molecule has 3 rings (SSSR count). The van der Waals surface area contributed by atoms with Crippen molar-refractivity contribution in [2.24, 2.45) is 7.05 Å². The first-order chi connectivity index (χ1) is 12.9. The van der Waals surface area contributed by atoms with Crippen LogP contribution in [0.25, 0.3) is 11.0 Å². The molecule has 9 nitrogen and oxygen atoms in total. The summed E-state index contributed by atoms with van der Waals surface area (Å²) in [4.78, 5) is 20.3. The van der Waals surface area contributed by atoms with Gasteiger partial charge in [0, 0.05) is 6.07 Å². The summed E-state index contributed by atoms with van der Waals surface area (Å²) in [6.07, 6.45) is 0. The van der Waals surface area contributed by atoms with E-state index in [1.807, 2.05) is 36.7 Å². The number of aromatic nitrogens is 4. The van der Waals surface area contributed by atoms with Crippen LogP contribution in [0.4, 0.5) is 11.6 Å². The van der Waals surface area contributed by atoms with Crippen LogP contribution in [0.3, 0.4) is 0 Å². The van der Waals surface area contributed by atoms with E-state index in [9.17, 15) is 4.79 Å². The summed E-state index contributed by atoms with van der Waals surface area (Å²) in [6, 6.07) is 5.85. The van der Waals surface area contributed by atoms with Crippen LogP contribution in [-0.2, 0) is 20.1 Å². The predicted octanol–water partition coefficient (Wildman–Crippen LogP) is -1.96. The Labute approximate surface area is 184 Å². The number of ether oxygens (including phenoxy) is 1. The molecule has 0 spiro atoms. The van der Waals surface area contributed by atoms with Gasteiger partial charge in [-0.05, 0) is 19.1 Å². The van der Waals surface area contributed by atoms with Gasteiger partial charge in [-0.1, -0.05) is 11.6 Å². The van der Waals surface area contributed by atoms with Crippen LogP contribution >= 0.6 is 11.6 Å². The topological polar surface area (TPSA) is 125 Å². The summed E-state index contributed by atoms with van der Waals surface area (Å²) in [7, 11) is 3.56. The molecule has 0 atom stereocenters. The molecule has 0 aliphatic carbocycles. The van der Waals surface area contributed by atoms with Gasteiger partial charge in [-0.15, -0.1) is 0 Å². The molecule has 150 valence electrons. The first kappa shape index (κ1) is 22.0. The number of carbonyl (C=O) groups is 1. The number of amides is 1. The quantitative estimate of drug-likeness (QED) is 0.267. The molecular formula is C17H21ClIN7O2. The van der Waals surface area contributed by atoms with Crippen LogP contribution in [0.2, 0.25) is 5.15 Å². The number of methoxy groups -OCH3 is 1. The number of nitrogen functional groups attached to an aromatic ring is 2. The molecule has 0 saturated carbocycles. The normalized spacial score (nSPS) is 10.6. The van der Waals surface area contributed by atoms with Gasteiger partial charge in [-0.2, -0.15) is 0 Å². The highest BCUT2D eigenvalue weighted by Crippen LogP contribution is 2.21. The van der Waals surface area contributed by atoms with Gasteiger partial charge in [0.1, 0.15) is 12.3 Å². The number of benzene rings is 1.